The van der Waals surface area contributed by atoms with Crippen molar-refractivity contribution in [2.45, 2.75) is 20.4 Å². The van der Waals surface area contributed by atoms with Crippen molar-refractivity contribution in [3.05, 3.63) is 28.8 Å². The van der Waals surface area contributed by atoms with Gasteiger partial charge in [-0.25, -0.2) is 4.79 Å². The monoisotopic (exact) mass is 236 g/mol. The first-order chi connectivity index (χ1) is 7.99. The van der Waals surface area contributed by atoms with Crippen LogP contribution in [-0.2, 0) is 6.54 Å². The van der Waals surface area contributed by atoms with Crippen molar-refractivity contribution < 1.29 is 9.53 Å². The van der Waals surface area contributed by atoms with E-state index in [-0.39, 0.29) is 6.03 Å². The SMILES string of the molecule is CNC(=O)N(C)Cc1c(C)cc(C)cc1OC. The van der Waals surface area contributed by atoms with Crippen molar-refractivity contribution in [2.24, 2.45) is 0 Å². The number of carbonyl (C=O) groups is 1. The van der Waals surface area contributed by atoms with E-state index in [2.05, 4.69) is 11.4 Å². The van der Waals surface area contributed by atoms with Gasteiger partial charge in [0.15, 0.2) is 0 Å². The van der Waals surface area contributed by atoms with Gasteiger partial charge >= 0.3 is 6.03 Å². The smallest absolute Gasteiger partial charge is 0.317 e. The van der Waals surface area contributed by atoms with Gasteiger partial charge in [-0.2, -0.15) is 0 Å². The molecule has 0 aromatic heterocycles. The van der Waals surface area contributed by atoms with Gasteiger partial charge in [-0.1, -0.05) is 6.07 Å². The summed E-state index contributed by atoms with van der Waals surface area (Å²) in [5, 5.41) is 2.60. The van der Waals surface area contributed by atoms with Crippen LogP contribution in [-0.4, -0.2) is 32.1 Å². The maximum absolute atomic E-state index is 11.5. The average Bonchev–Trinajstić information content (AvgIpc) is 2.30. The predicted octanol–water partition coefficient (Wildman–Crippen LogP) is 2.08. The Morgan fingerprint density at radius 2 is 2.06 bits per heavy atom. The maximum Gasteiger partial charge on any atom is 0.317 e. The zero-order valence-electron chi connectivity index (χ0n) is 11.1. The van der Waals surface area contributed by atoms with Crippen LogP contribution in [0.25, 0.3) is 0 Å². The van der Waals surface area contributed by atoms with E-state index in [4.69, 9.17) is 4.74 Å². The van der Waals surface area contributed by atoms with Gasteiger partial charge in [0, 0.05) is 19.7 Å². The van der Waals surface area contributed by atoms with E-state index in [1.807, 2.05) is 19.9 Å². The summed E-state index contributed by atoms with van der Waals surface area (Å²) in [6.07, 6.45) is 0. The topological polar surface area (TPSA) is 41.6 Å². The van der Waals surface area contributed by atoms with Crippen LogP contribution >= 0.6 is 0 Å². The normalized spacial score (nSPS) is 9.94. The van der Waals surface area contributed by atoms with Gasteiger partial charge in [0.1, 0.15) is 5.75 Å². The van der Waals surface area contributed by atoms with E-state index >= 15 is 0 Å². The first-order valence-corrected chi connectivity index (χ1v) is 5.56. The fourth-order valence-corrected chi connectivity index (χ4v) is 1.84. The second-order valence-corrected chi connectivity index (χ2v) is 4.17. The molecule has 94 valence electrons. The fourth-order valence-electron chi connectivity index (χ4n) is 1.84. The second kappa shape index (κ2) is 5.57. The third-order valence-corrected chi connectivity index (χ3v) is 2.75. The molecule has 0 radical (unpaired) electrons. The van der Waals surface area contributed by atoms with Gasteiger partial charge in [-0.05, 0) is 31.0 Å². The van der Waals surface area contributed by atoms with Crippen molar-refractivity contribution in [3.63, 3.8) is 0 Å². The Labute approximate surface area is 103 Å². The molecule has 0 unspecified atom stereocenters. The van der Waals surface area contributed by atoms with E-state index in [1.165, 1.54) is 0 Å². The first-order valence-electron chi connectivity index (χ1n) is 5.56. The summed E-state index contributed by atoms with van der Waals surface area (Å²) in [5.74, 6) is 0.832. The maximum atomic E-state index is 11.5. The van der Waals surface area contributed by atoms with E-state index in [0.717, 1.165) is 22.4 Å². The minimum absolute atomic E-state index is 0.105. The summed E-state index contributed by atoms with van der Waals surface area (Å²) in [7, 11) is 5.03. The summed E-state index contributed by atoms with van der Waals surface area (Å²) in [6.45, 7) is 4.60. The molecule has 4 heteroatoms. The molecule has 2 amide bonds. The lowest BCUT2D eigenvalue weighted by molar-refractivity contribution is 0.208. The van der Waals surface area contributed by atoms with Crippen molar-refractivity contribution in [3.8, 4) is 5.75 Å². The van der Waals surface area contributed by atoms with Crippen LogP contribution in [0.4, 0.5) is 4.79 Å². The van der Waals surface area contributed by atoms with Crippen LogP contribution in [0.15, 0.2) is 12.1 Å². The molecular weight excluding hydrogens is 216 g/mol. The van der Waals surface area contributed by atoms with E-state index in [9.17, 15) is 4.79 Å². The number of hydrogen-bond donors (Lipinski definition) is 1. The lowest BCUT2D eigenvalue weighted by atomic mass is 10.0. The first kappa shape index (κ1) is 13.4. The molecule has 0 atom stereocenters. The number of urea groups is 1. The number of aryl methyl sites for hydroxylation is 2. The standard InChI is InChI=1S/C13H20N2O2/c1-9-6-10(2)11(12(7-9)17-5)8-15(4)13(16)14-3/h6-7H,8H2,1-5H3,(H,14,16). The highest BCUT2D eigenvalue weighted by Gasteiger charge is 2.13. The molecule has 1 rings (SSSR count). The molecule has 0 aliphatic heterocycles. The van der Waals surface area contributed by atoms with Crippen molar-refractivity contribution in [2.75, 3.05) is 21.2 Å². The van der Waals surface area contributed by atoms with Crippen LogP contribution in [0.2, 0.25) is 0 Å². The summed E-state index contributed by atoms with van der Waals surface area (Å²) in [5.41, 5.74) is 3.34. The molecule has 0 fully saturated rings. The van der Waals surface area contributed by atoms with Gasteiger partial charge in [-0.15, -0.1) is 0 Å². The number of carbonyl (C=O) groups excluding carboxylic acids is 1. The third-order valence-electron chi connectivity index (χ3n) is 2.75. The Kier molecular flexibility index (Phi) is 4.37. The summed E-state index contributed by atoms with van der Waals surface area (Å²) >= 11 is 0. The number of ether oxygens (including phenoxy) is 1. The van der Waals surface area contributed by atoms with E-state index in [0.29, 0.717) is 6.54 Å². The molecule has 1 aromatic rings. The summed E-state index contributed by atoms with van der Waals surface area (Å²) < 4.78 is 5.36. The predicted molar refractivity (Wildman–Crippen MR) is 68.4 cm³/mol. The lowest BCUT2D eigenvalue weighted by Crippen LogP contribution is -2.34. The second-order valence-electron chi connectivity index (χ2n) is 4.17. The highest BCUT2D eigenvalue weighted by molar-refractivity contribution is 5.73. The molecule has 4 nitrogen and oxygen atoms in total. The Morgan fingerprint density at radius 3 is 2.59 bits per heavy atom. The fraction of sp³-hybridized carbons (Fsp3) is 0.462. The minimum atomic E-state index is -0.105. The van der Waals surface area contributed by atoms with Gasteiger partial charge < -0.3 is 15.0 Å². The van der Waals surface area contributed by atoms with Gasteiger partial charge in [0.25, 0.3) is 0 Å². The van der Waals surface area contributed by atoms with Gasteiger partial charge in [0.05, 0.1) is 13.7 Å². The Hall–Kier alpha value is -1.71. The zero-order valence-corrected chi connectivity index (χ0v) is 11.1. The Balaban J connectivity index is 3.01. The number of amides is 2. The molecule has 0 spiro atoms. The number of nitrogens with one attached hydrogen (secondary N) is 1. The molecule has 0 heterocycles. The number of methoxy groups -OCH3 is 1. The molecule has 0 aliphatic carbocycles. The molecule has 1 aromatic carbocycles. The van der Waals surface area contributed by atoms with Crippen LogP contribution < -0.4 is 10.1 Å². The lowest BCUT2D eigenvalue weighted by Gasteiger charge is -2.20. The number of nitrogens with zero attached hydrogens (tertiary/aromatic N) is 1. The minimum Gasteiger partial charge on any atom is -0.496 e. The Bertz CT molecular complexity index is 416. The van der Waals surface area contributed by atoms with Crippen LogP contribution in [0.3, 0.4) is 0 Å². The van der Waals surface area contributed by atoms with E-state index < -0.39 is 0 Å². The van der Waals surface area contributed by atoms with E-state index in [1.54, 1.807) is 26.1 Å². The van der Waals surface area contributed by atoms with Crippen LogP contribution in [0.1, 0.15) is 16.7 Å². The van der Waals surface area contributed by atoms with Crippen LogP contribution in [0, 0.1) is 13.8 Å². The molecular formula is C13H20N2O2. The largest absolute Gasteiger partial charge is 0.496 e. The van der Waals surface area contributed by atoms with Crippen molar-refractivity contribution in [1.82, 2.24) is 10.2 Å². The molecule has 0 bridgehead atoms. The Morgan fingerprint density at radius 1 is 1.41 bits per heavy atom. The number of hydrogen-bond acceptors (Lipinski definition) is 2. The molecule has 0 aliphatic rings. The molecule has 0 saturated heterocycles. The van der Waals surface area contributed by atoms with Crippen LogP contribution in [0.5, 0.6) is 5.75 Å². The highest BCUT2D eigenvalue weighted by Crippen LogP contribution is 2.25. The molecule has 0 saturated carbocycles. The average molecular weight is 236 g/mol. The quantitative estimate of drug-likeness (QED) is 0.873. The molecule has 1 N–H and O–H groups in total. The summed E-state index contributed by atoms with van der Waals surface area (Å²) in [4.78, 5) is 13.1. The third kappa shape index (κ3) is 3.12. The van der Waals surface area contributed by atoms with Crippen molar-refractivity contribution >= 4 is 6.03 Å². The van der Waals surface area contributed by atoms with Gasteiger partial charge in [-0.3, -0.25) is 0 Å². The summed E-state index contributed by atoms with van der Waals surface area (Å²) in [6, 6.07) is 3.97. The van der Waals surface area contributed by atoms with Crippen molar-refractivity contribution in [1.29, 1.82) is 0 Å². The number of rotatable bonds is 3. The molecule has 17 heavy (non-hydrogen) atoms. The zero-order chi connectivity index (χ0) is 13.0. The number of benzene rings is 1. The van der Waals surface area contributed by atoms with Gasteiger partial charge in [0.2, 0.25) is 0 Å². The highest BCUT2D eigenvalue weighted by atomic mass is 16.5.